The third-order valence-corrected chi connectivity index (χ3v) is 5.43. The van der Waals surface area contributed by atoms with Crippen molar-refractivity contribution in [1.82, 2.24) is 20.1 Å². The molecule has 3 aromatic heterocycles. The SMILES string of the molecule is Cc1cc2c(Nc3cn[nH]c3C(=O)Nc3ccc(CN4CCOCC4)cc3)cncc2o1. The van der Waals surface area contributed by atoms with E-state index >= 15 is 0 Å². The van der Waals surface area contributed by atoms with Crippen LogP contribution in [0.5, 0.6) is 0 Å². The van der Waals surface area contributed by atoms with E-state index in [2.05, 4.69) is 30.7 Å². The lowest BCUT2D eigenvalue weighted by Gasteiger charge is -2.26. The van der Waals surface area contributed by atoms with Crippen molar-refractivity contribution in [2.75, 3.05) is 36.9 Å². The number of hydrogen-bond donors (Lipinski definition) is 3. The number of aromatic amines is 1. The second-order valence-electron chi connectivity index (χ2n) is 7.78. The molecule has 1 aromatic carbocycles. The van der Waals surface area contributed by atoms with E-state index in [1.807, 2.05) is 37.3 Å². The van der Waals surface area contributed by atoms with Crippen LogP contribution in [0.3, 0.4) is 0 Å². The highest BCUT2D eigenvalue weighted by atomic mass is 16.5. The normalized spacial score (nSPS) is 14.5. The molecule has 4 heterocycles. The van der Waals surface area contributed by atoms with Gasteiger partial charge in [-0.05, 0) is 30.7 Å². The summed E-state index contributed by atoms with van der Waals surface area (Å²) in [4.78, 5) is 19.4. The third kappa shape index (κ3) is 4.34. The fourth-order valence-corrected chi connectivity index (χ4v) is 3.79. The summed E-state index contributed by atoms with van der Waals surface area (Å²) in [5.74, 6) is 0.507. The minimum Gasteiger partial charge on any atom is -0.460 e. The number of amides is 1. The molecule has 3 N–H and O–H groups in total. The molecule has 0 spiro atoms. The number of aromatic nitrogens is 3. The van der Waals surface area contributed by atoms with Crippen molar-refractivity contribution in [2.45, 2.75) is 13.5 Å². The number of H-pyrrole nitrogens is 1. The standard InChI is InChI=1S/C23H24N6O3/c1-15-10-18-19(11-24-13-21(18)32-15)27-20-12-25-28-22(20)23(30)26-17-4-2-16(3-5-17)14-29-6-8-31-9-7-29/h2-5,10-13,27H,6-9,14H2,1H3,(H,25,28)(H,26,30). The Morgan fingerprint density at radius 1 is 1.12 bits per heavy atom. The van der Waals surface area contributed by atoms with Gasteiger partial charge in [0.2, 0.25) is 0 Å². The molecule has 4 aromatic rings. The summed E-state index contributed by atoms with van der Waals surface area (Å²) in [6.45, 7) is 6.19. The molecule has 164 valence electrons. The van der Waals surface area contributed by atoms with Crippen molar-refractivity contribution in [3.8, 4) is 0 Å². The van der Waals surface area contributed by atoms with Crippen molar-refractivity contribution in [2.24, 2.45) is 0 Å². The molecule has 9 nitrogen and oxygen atoms in total. The Balaban J connectivity index is 1.27. The van der Waals surface area contributed by atoms with Crippen molar-refractivity contribution in [1.29, 1.82) is 0 Å². The molecule has 0 radical (unpaired) electrons. The molecule has 0 saturated carbocycles. The van der Waals surface area contributed by atoms with Crippen LogP contribution in [-0.2, 0) is 11.3 Å². The highest BCUT2D eigenvalue weighted by Crippen LogP contribution is 2.29. The van der Waals surface area contributed by atoms with Gasteiger partial charge < -0.3 is 19.8 Å². The molecule has 1 aliphatic rings. The fourth-order valence-electron chi connectivity index (χ4n) is 3.79. The van der Waals surface area contributed by atoms with Gasteiger partial charge >= 0.3 is 0 Å². The van der Waals surface area contributed by atoms with Crippen LogP contribution in [0.1, 0.15) is 21.8 Å². The molecule has 0 unspecified atom stereocenters. The van der Waals surface area contributed by atoms with Crippen molar-refractivity contribution in [3.63, 3.8) is 0 Å². The van der Waals surface area contributed by atoms with Gasteiger partial charge in [0, 0.05) is 30.7 Å². The maximum Gasteiger partial charge on any atom is 0.275 e. The number of nitrogens with one attached hydrogen (secondary N) is 3. The van der Waals surface area contributed by atoms with E-state index in [0.717, 1.165) is 55.4 Å². The number of morpholine rings is 1. The number of pyridine rings is 1. The second kappa shape index (κ2) is 8.81. The Morgan fingerprint density at radius 3 is 2.75 bits per heavy atom. The fraction of sp³-hybridized carbons (Fsp3) is 0.261. The summed E-state index contributed by atoms with van der Waals surface area (Å²) in [6, 6.07) is 9.82. The van der Waals surface area contributed by atoms with E-state index in [-0.39, 0.29) is 5.91 Å². The average Bonchev–Trinajstić information content (AvgIpc) is 3.42. The zero-order valence-corrected chi connectivity index (χ0v) is 17.7. The second-order valence-corrected chi connectivity index (χ2v) is 7.78. The van der Waals surface area contributed by atoms with Gasteiger partial charge in [-0.1, -0.05) is 12.1 Å². The first-order chi connectivity index (χ1) is 15.7. The van der Waals surface area contributed by atoms with E-state index in [0.29, 0.717) is 17.0 Å². The molecule has 0 aliphatic carbocycles. The summed E-state index contributed by atoms with van der Waals surface area (Å²) in [5.41, 5.74) is 4.22. The van der Waals surface area contributed by atoms with Gasteiger partial charge in [0.05, 0.1) is 43.2 Å². The lowest BCUT2D eigenvalue weighted by atomic mass is 10.2. The van der Waals surface area contributed by atoms with Crippen LogP contribution in [0.2, 0.25) is 0 Å². The molecule has 1 amide bonds. The first-order valence-electron chi connectivity index (χ1n) is 10.5. The largest absolute Gasteiger partial charge is 0.460 e. The van der Waals surface area contributed by atoms with E-state index in [1.54, 1.807) is 18.6 Å². The number of carbonyl (C=O) groups excluding carboxylic acids is 1. The Labute approximate surface area is 184 Å². The zero-order valence-electron chi connectivity index (χ0n) is 17.7. The minimum absolute atomic E-state index is 0.283. The molecule has 1 saturated heterocycles. The van der Waals surface area contributed by atoms with Gasteiger partial charge in [0.1, 0.15) is 11.5 Å². The smallest absolute Gasteiger partial charge is 0.275 e. The van der Waals surface area contributed by atoms with Gasteiger partial charge in [-0.3, -0.25) is 19.8 Å². The Hall–Kier alpha value is -3.69. The number of ether oxygens (including phenoxy) is 1. The Morgan fingerprint density at radius 2 is 1.94 bits per heavy atom. The zero-order chi connectivity index (χ0) is 21.9. The van der Waals surface area contributed by atoms with Gasteiger partial charge in [-0.25, -0.2) is 0 Å². The number of rotatable bonds is 6. The summed E-state index contributed by atoms with van der Waals surface area (Å²) >= 11 is 0. The number of nitrogens with zero attached hydrogens (tertiary/aromatic N) is 3. The summed E-state index contributed by atoms with van der Waals surface area (Å²) in [7, 11) is 0. The lowest BCUT2D eigenvalue weighted by molar-refractivity contribution is 0.0342. The van der Waals surface area contributed by atoms with Gasteiger partial charge in [-0.15, -0.1) is 0 Å². The maximum absolute atomic E-state index is 12.9. The highest BCUT2D eigenvalue weighted by molar-refractivity contribution is 6.07. The maximum atomic E-state index is 12.9. The topological polar surface area (TPSA) is 108 Å². The molecule has 9 heteroatoms. The Kier molecular flexibility index (Phi) is 5.57. The summed E-state index contributed by atoms with van der Waals surface area (Å²) in [6.07, 6.45) is 4.94. The number of fused-ring (bicyclic) bond motifs is 1. The van der Waals surface area contributed by atoms with Crippen LogP contribution >= 0.6 is 0 Å². The minimum atomic E-state index is -0.283. The Bertz CT molecular complexity index is 1220. The molecule has 5 rings (SSSR count). The van der Waals surface area contributed by atoms with Gasteiger partial charge in [-0.2, -0.15) is 5.10 Å². The molecule has 1 aliphatic heterocycles. The van der Waals surface area contributed by atoms with E-state index in [1.165, 1.54) is 5.56 Å². The van der Waals surface area contributed by atoms with Crippen LogP contribution in [0, 0.1) is 6.92 Å². The van der Waals surface area contributed by atoms with Gasteiger partial charge in [0.15, 0.2) is 5.58 Å². The number of furan rings is 1. The average molecular weight is 432 g/mol. The lowest BCUT2D eigenvalue weighted by Crippen LogP contribution is -2.35. The highest BCUT2D eigenvalue weighted by Gasteiger charge is 2.17. The predicted molar refractivity (Wildman–Crippen MR) is 121 cm³/mol. The molecular weight excluding hydrogens is 408 g/mol. The van der Waals surface area contributed by atoms with Crippen molar-refractivity contribution in [3.05, 3.63) is 65.9 Å². The van der Waals surface area contributed by atoms with E-state index < -0.39 is 0 Å². The third-order valence-electron chi connectivity index (χ3n) is 5.43. The number of anilines is 3. The van der Waals surface area contributed by atoms with E-state index in [9.17, 15) is 4.79 Å². The molecule has 1 fully saturated rings. The monoisotopic (exact) mass is 432 g/mol. The van der Waals surface area contributed by atoms with Crippen LogP contribution in [-0.4, -0.2) is 52.3 Å². The quantitative estimate of drug-likeness (QED) is 0.426. The van der Waals surface area contributed by atoms with Crippen molar-refractivity contribution < 1.29 is 13.9 Å². The number of aryl methyl sites for hydroxylation is 1. The number of benzene rings is 1. The predicted octanol–water partition coefficient (Wildman–Crippen LogP) is 3.69. The first kappa shape index (κ1) is 20.2. The van der Waals surface area contributed by atoms with Crippen LogP contribution in [0.4, 0.5) is 17.1 Å². The van der Waals surface area contributed by atoms with Crippen molar-refractivity contribution >= 4 is 33.9 Å². The van der Waals surface area contributed by atoms with E-state index in [4.69, 9.17) is 9.15 Å². The number of hydrogen-bond acceptors (Lipinski definition) is 7. The van der Waals surface area contributed by atoms with Crippen LogP contribution in [0.15, 0.2) is 53.3 Å². The molecule has 0 atom stereocenters. The summed E-state index contributed by atoms with van der Waals surface area (Å²) in [5, 5.41) is 13.9. The molecular formula is C23H24N6O3. The number of carbonyl (C=O) groups is 1. The van der Waals surface area contributed by atoms with Crippen LogP contribution < -0.4 is 10.6 Å². The molecule has 0 bridgehead atoms. The molecule has 32 heavy (non-hydrogen) atoms. The summed E-state index contributed by atoms with van der Waals surface area (Å²) < 4.78 is 11.0. The van der Waals surface area contributed by atoms with Crippen LogP contribution in [0.25, 0.3) is 11.0 Å². The first-order valence-corrected chi connectivity index (χ1v) is 10.5. The van der Waals surface area contributed by atoms with Gasteiger partial charge in [0.25, 0.3) is 5.91 Å².